The van der Waals surface area contributed by atoms with Crippen LogP contribution in [-0.2, 0) is 4.79 Å². The number of hydrogen-bond acceptors (Lipinski definition) is 2. The number of hydrogen-bond donors (Lipinski definition) is 1. The third-order valence-corrected chi connectivity index (χ3v) is 2.48. The Morgan fingerprint density at radius 1 is 1.29 bits per heavy atom. The third-order valence-electron chi connectivity index (χ3n) is 2.48. The molecule has 92 valence electrons. The van der Waals surface area contributed by atoms with Crippen LogP contribution in [0.3, 0.4) is 0 Å². The van der Waals surface area contributed by atoms with Crippen LogP contribution in [0.2, 0.25) is 0 Å². The zero-order valence-electron chi connectivity index (χ0n) is 10.1. The maximum Gasteiger partial charge on any atom is 0.323 e. The van der Waals surface area contributed by atoms with E-state index in [1.807, 2.05) is 26.0 Å². The summed E-state index contributed by atoms with van der Waals surface area (Å²) in [6.07, 6.45) is 0.741. The van der Waals surface area contributed by atoms with Crippen LogP contribution < -0.4 is 0 Å². The van der Waals surface area contributed by atoms with Crippen LogP contribution in [0.1, 0.15) is 29.3 Å². The predicted octanol–water partition coefficient (Wildman–Crippen LogP) is 1.93. The molecule has 0 aliphatic carbocycles. The first kappa shape index (κ1) is 13.2. The fourth-order valence-corrected chi connectivity index (χ4v) is 1.67. The number of aryl methyl sites for hydroxylation is 1. The molecule has 1 N–H and O–H groups in total. The van der Waals surface area contributed by atoms with Gasteiger partial charge in [-0.1, -0.05) is 25.1 Å². The van der Waals surface area contributed by atoms with E-state index in [1.165, 1.54) is 4.90 Å². The van der Waals surface area contributed by atoms with E-state index in [0.29, 0.717) is 12.1 Å². The van der Waals surface area contributed by atoms with Gasteiger partial charge in [-0.2, -0.15) is 0 Å². The minimum Gasteiger partial charge on any atom is -0.480 e. The Morgan fingerprint density at radius 3 is 2.47 bits per heavy atom. The first-order valence-electron chi connectivity index (χ1n) is 5.63. The number of benzene rings is 1. The van der Waals surface area contributed by atoms with E-state index in [1.54, 1.807) is 12.1 Å². The molecule has 0 radical (unpaired) electrons. The number of carbonyl (C=O) groups is 2. The van der Waals surface area contributed by atoms with Gasteiger partial charge in [0, 0.05) is 12.1 Å². The fraction of sp³-hybridized carbons (Fsp3) is 0.385. The van der Waals surface area contributed by atoms with Crippen LogP contribution in [0.15, 0.2) is 24.3 Å². The molecule has 1 rings (SSSR count). The van der Waals surface area contributed by atoms with E-state index in [0.717, 1.165) is 12.0 Å². The van der Waals surface area contributed by atoms with E-state index in [2.05, 4.69) is 0 Å². The highest BCUT2D eigenvalue weighted by Crippen LogP contribution is 2.10. The van der Waals surface area contributed by atoms with Gasteiger partial charge in [0.25, 0.3) is 5.91 Å². The molecule has 0 unspecified atom stereocenters. The van der Waals surface area contributed by atoms with Crippen molar-refractivity contribution in [2.24, 2.45) is 0 Å². The van der Waals surface area contributed by atoms with Crippen molar-refractivity contribution < 1.29 is 14.7 Å². The van der Waals surface area contributed by atoms with Gasteiger partial charge in [0.15, 0.2) is 0 Å². The molecule has 0 saturated carbocycles. The molecule has 0 bridgehead atoms. The van der Waals surface area contributed by atoms with Crippen molar-refractivity contribution >= 4 is 11.9 Å². The highest BCUT2D eigenvalue weighted by atomic mass is 16.4. The first-order chi connectivity index (χ1) is 8.06. The predicted molar refractivity (Wildman–Crippen MR) is 65.0 cm³/mol. The van der Waals surface area contributed by atoms with Crippen molar-refractivity contribution in [2.75, 3.05) is 13.1 Å². The van der Waals surface area contributed by atoms with Crippen LogP contribution in [0, 0.1) is 6.92 Å². The molecule has 1 amide bonds. The lowest BCUT2D eigenvalue weighted by Crippen LogP contribution is -2.36. The molecular weight excluding hydrogens is 218 g/mol. The van der Waals surface area contributed by atoms with Crippen LogP contribution >= 0.6 is 0 Å². The number of carbonyl (C=O) groups excluding carboxylic acids is 1. The van der Waals surface area contributed by atoms with E-state index >= 15 is 0 Å². The van der Waals surface area contributed by atoms with E-state index < -0.39 is 5.97 Å². The Bertz CT molecular complexity index is 415. The molecule has 0 fully saturated rings. The minimum atomic E-state index is -0.986. The lowest BCUT2D eigenvalue weighted by molar-refractivity contribution is -0.137. The number of nitrogens with zero attached hydrogens (tertiary/aromatic N) is 1. The van der Waals surface area contributed by atoms with Crippen molar-refractivity contribution in [3.05, 3.63) is 35.4 Å². The standard InChI is InChI=1S/C13H17NO3/c1-3-8-14(9-12(15)16)13(17)11-7-5-4-6-10(11)2/h4-7H,3,8-9H2,1-2H3,(H,15,16). The fourth-order valence-electron chi connectivity index (χ4n) is 1.67. The molecule has 0 spiro atoms. The van der Waals surface area contributed by atoms with Gasteiger partial charge in [0.1, 0.15) is 6.54 Å². The minimum absolute atomic E-state index is 0.215. The highest BCUT2D eigenvalue weighted by Gasteiger charge is 2.18. The molecule has 0 aliphatic heterocycles. The number of amides is 1. The van der Waals surface area contributed by atoms with Gasteiger partial charge in [-0.05, 0) is 25.0 Å². The molecule has 0 aromatic heterocycles. The summed E-state index contributed by atoms with van der Waals surface area (Å²) >= 11 is 0. The summed E-state index contributed by atoms with van der Waals surface area (Å²) in [4.78, 5) is 24.2. The van der Waals surface area contributed by atoms with Gasteiger partial charge in [-0.25, -0.2) is 0 Å². The molecule has 0 atom stereocenters. The number of carboxylic acid groups (broad SMARTS) is 1. The van der Waals surface area contributed by atoms with E-state index in [9.17, 15) is 9.59 Å². The number of aliphatic carboxylic acids is 1. The summed E-state index contributed by atoms with van der Waals surface area (Å²) in [5.74, 6) is -1.20. The third kappa shape index (κ3) is 3.59. The van der Waals surface area contributed by atoms with Crippen molar-refractivity contribution in [1.29, 1.82) is 0 Å². The van der Waals surface area contributed by atoms with Crippen LogP contribution in [0.5, 0.6) is 0 Å². The molecule has 0 heterocycles. The molecular formula is C13H17NO3. The van der Waals surface area contributed by atoms with Gasteiger partial charge in [-0.3, -0.25) is 9.59 Å². The van der Waals surface area contributed by atoms with Crippen LogP contribution in [0.25, 0.3) is 0 Å². The second-order valence-corrected chi connectivity index (χ2v) is 3.94. The second-order valence-electron chi connectivity index (χ2n) is 3.94. The Morgan fingerprint density at radius 2 is 1.94 bits per heavy atom. The molecule has 4 nitrogen and oxygen atoms in total. The topological polar surface area (TPSA) is 57.6 Å². The van der Waals surface area contributed by atoms with E-state index in [4.69, 9.17) is 5.11 Å². The Kier molecular flexibility index (Phi) is 4.69. The molecule has 1 aromatic rings. The summed E-state index contributed by atoms with van der Waals surface area (Å²) < 4.78 is 0. The summed E-state index contributed by atoms with van der Waals surface area (Å²) in [6.45, 7) is 3.97. The second kappa shape index (κ2) is 6.03. The Labute approximate surface area is 101 Å². The zero-order valence-corrected chi connectivity index (χ0v) is 10.1. The summed E-state index contributed by atoms with van der Waals surface area (Å²) in [5.41, 5.74) is 1.44. The monoisotopic (exact) mass is 235 g/mol. The van der Waals surface area contributed by atoms with Gasteiger partial charge < -0.3 is 10.0 Å². The van der Waals surface area contributed by atoms with Crippen molar-refractivity contribution in [3.63, 3.8) is 0 Å². The zero-order chi connectivity index (χ0) is 12.8. The lowest BCUT2D eigenvalue weighted by atomic mass is 10.1. The largest absolute Gasteiger partial charge is 0.480 e. The summed E-state index contributed by atoms with van der Waals surface area (Å²) in [6, 6.07) is 7.21. The van der Waals surface area contributed by atoms with Gasteiger partial charge >= 0.3 is 5.97 Å². The quantitative estimate of drug-likeness (QED) is 0.848. The van der Waals surface area contributed by atoms with Gasteiger partial charge in [0.2, 0.25) is 0 Å². The van der Waals surface area contributed by atoms with Gasteiger partial charge in [0.05, 0.1) is 0 Å². The normalized spacial score (nSPS) is 10.0. The van der Waals surface area contributed by atoms with Gasteiger partial charge in [-0.15, -0.1) is 0 Å². The highest BCUT2D eigenvalue weighted by molar-refractivity contribution is 5.97. The number of carboxylic acids is 1. The van der Waals surface area contributed by atoms with Crippen LogP contribution in [-0.4, -0.2) is 35.0 Å². The lowest BCUT2D eigenvalue weighted by Gasteiger charge is -2.20. The molecule has 0 aliphatic rings. The smallest absolute Gasteiger partial charge is 0.323 e. The maximum absolute atomic E-state index is 12.2. The molecule has 1 aromatic carbocycles. The summed E-state index contributed by atoms with van der Waals surface area (Å²) in [7, 11) is 0. The average Bonchev–Trinajstić information content (AvgIpc) is 2.28. The molecule has 17 heavy (non-hydrogen) atoms. The molecule has 0 saturated heterocycles. The van der Waals surface area contributed by atoms with Crippen molar-refractivity contribution in [2.45, 2.75) is 20.3 Å². The summed E-state index contributed by atoms with van der Waals surface area (Å²) in [5, 5.41) is 8.78. The van der Waals surface area contributed by atoms with Crippen LogP contribution in [0.4, 0.5) is 0 Å². The first-order valence-corrected chi connectivity index (χ1v) is 5.63. The average molecular weight is 235 g/mol. The van der Waals surface area contributed by atoms with E-state index in [-0.39, 0.29) is 12.5 Å². The number of rotatable bonds is 5. The van der Waals surface area contributed by atoms with Crippen molar-refractivity contribution in [3.8, 4) is 0 Å². The van der Waals surface area contributed by atoms with Crippen molar-refractivity contribution in [1.82, 2.24) is 4.90 Å². The Balaban J connectivity index is 2.91. The Hall–Kier alpha value is -1.84. The molecule has 4 heteroatoms. The SMILES string of the molecule is CCCN(CC(=O)O)C(=O)c1ccccc1C. The maximum atomic E-state index is 12.2.